The van der Waals surface area contributed by atoms with Gasteiger partial charge in [0.15, 0.2) is 0 Å². The molecule has 0 aliphatic carbocycles. The average Bonchev–Trinajstić information content (AvgIpc) is 3.09. The number of likely N-dealkylation sites (tertiary alicyclic amines) is 1. The summed E-state index contributed by atoms with van der Waals surface area (Å²) in [7, 11) is 2.00. The highest BCUT2D eigenvalue weighted by molar-refractivity contribution is 5.85. The van der Waals surface area contributed by atoms with Crippen molar-refractivity contribution in [3.63, 3.8) is 0 Å². The molecule has 114 valence electrons. The van der Waals surface area contributed by atoms with Crippen molar-refractivity contribution in [1.82, 2.24) is 15.2 Å². The summed E-state index contributed by atoms with van der Waals surface area (Å²) >= 11 is 0. The Morgan fingerprint density at radius 3 is 2.81 bits per heavy atom. The van der Waals surface area contributed by atoms with Gasteiger partial charge in [-0.05, 0) is 37.7 Å². The zero-order valence-electron chi connectivity index (χ0n) is 11.9. The monoisotopic (exact) mass is 311 g/mol. The molecular formula is C15H19ClFN3O. The summed E-state index contributed by atoms with van der Waals surface area (Å²) in [5, 5.41) is 3.29. The molecule has 2 aromatic rings. The van der Waals surface area contributed by atoms with Gasteiger partial charge >= 0.3 is 0 Å². The van der Waals surface area contributed by atoms with Gasteiger partial charge in [0, 0.05) is 31.2 Å². The van der Waals surface area contributed by atoms with Crippen molar-refractivity contribution in [3.05, 3.63) is 42.0 Å². The van der Waals surface area contributed by atoms with Gasteiger partial charge in [-0.25, -0.2) is 9.37 Å². The molecular weight excluding hydrogens is 293 g/mol. The largest absolute Gasteiger partial charge is 0.444 e. The fourth-order valence-corrected chi connectivity index (χ4v) is 2.55. The number of oxazole rings is 1. The summed E-state index contributed by atoms with van der Waals surface area (Å²) in [5.41, 5.74) is 1.72. The molecule has 0 saturated carbocycles. The molecule has 1 aromatic heterocycles. The van der Waals surface area contributed by atoms with Gasteiger partial charge in [0.2, 0.25) is 5.89 Å². The number of rotatable bonds is 4. The lowest BCUT2D eigenvalue weighted by atomic mass is 10.2. The van der Waals surface area contributed by atoms with Gasteiger partial charge < -0.3 is 9.73 Å². The Labute approximate surface area is 129 Å². The number of nitrogens with zero attached hydrogens (tertiary/aromatic N) is 2. The van der Waals surface area contributed by atoms with Crippen LogP contribution in [0.5, 0.6) is 0 Å². The number of benzene rings is 1. The van der Waals surface area contributed by atoms with Crippen molar-refractivity contribution in [3.8, 4) is 11.5 Å². The van der Waals surface area contributed by atoms with Crippen LogP contribution in [-0.2, 0) is 6.54 Å². The highest BCUT2D eigenvalue weighted by atomic mass is 35.5. The van der Waals surface area contributed by atoms with Gasteiger partial charge in [0.1, 0.15) is 12.1 Å². The Hall–Kier alpha value is -1.43. The third kappa shape index (κ3) is 3.81. The van der Waals surface area contributed by atoms with Crippen molar-refractivity contribution < 1.29 is 8.81 Å². The van der Waals surface area contributed by atoms with Crippen LogP contribution in [0.2, 0.25) is 0 Å². The lowest BCUT2D eigenvalue weighted by molar-refractivity contribution is 0.318. The van der Waals surface area contributed by atoms with E-state index in [9.17, 15) is 4.39 Å². The highest BCUT2D eigenvalue weighted by Crippen LogP contribution is 2.20. The van der Waals surface area contributed by atoms with Gasteiger partial charge in [0.05, 0.1) is 5.69 Å². The molecule has 3 rings (SSSR count). The van der Waals surface area contributed by atoms with Gasteiger partial charge in [-0.1, -0.05) is 0 Å². The lowest BCUT2D eigenvalue weighted by Gasteiger charge is -2.13. The number of hydrogen-bond acceptors (Lipinski definition) is 4. The van der Waals surface area contributed by atoms with Crippen molar-refractivity contribution in [2.45, 2.75) is 19.0 Å². The molecule has 0 amide bonds. The van der Waals surface area contributed by atoms with Crippen molar-refractivity contribution >= 4 is 12.4 Å². The molecule has 1 aliphatic rings. The summed E-state index contributed by atoms with van der Waals surface area (Å²) in [6.07, 6.45) is 2.85. The molecule has 1 aliphatic heterocycles. The molecule has 0 radical (unpaired) electrons. The Bertz CT molecular complexity index is 573. The van der Waals surface area contributed by atoms with E-state index in [0.717, 1.165) is 30.9 Å². The first-order valence-corrected chi connectivity index (χ1v) is 6.84. The molecule has 1 N–H and O–H groups in total. The first-order valence-electron chi connectivity index (χ1n) is 6.84. The summed E-state index contributed by atoms with van der Waals surface area (Å²) in [4.78, 5) is 6.83. The minimum absolute atomic E-state index is 0. The SMILES string of the molecule is CNC1CCN(Cc2coc(-c3ccc(F)cc3)n2)C1.Cl. The number of hydrogen-bond donors (Lipinski definition) is 1. The van der Waals surface area contributed by atoms with E-state index in [1.807, 2.05) is 7.05 Å². The molecule has 1 atom stereocenters. The van der Waals surface area contributed by atoms with Gasteiger partial charge in [-0.15, -0.1) is 12.4 Å². The summed E-state index contributed by atoms with van der Waals surface area (Å²) < 4.78 is 18.4. The van der Waals surface area contributed by atoms with Crippen LogP contribution < -0.4 is 5.32 Å². The van der Waals surface area contributed by atoms with E-state index < -0.39 is 0 Å². The predicted octanol–water partition coefficient (Wildman–Crippen LogP) is 2.70. The third-order valence-corrected chi connectivity index (χ3v) is 3.71. The number of aromatic nitrogens is 1. The van der Waals surface area contributed by atoms with E-state index in [4.69, 9.17) is 4.42 Å². The maximum absolute atomic E-state index is 12.9. The lowest BCUT2D eigenvalue weighted by Crippen LogP contribution is -2.29. The molecule has 4 nitrogen and oxygen atoms in total. The predicted molar refractivity (Wildman–Crippen MR) is 81.9 cm³/mol. The minimum atomic E-state index is -0.254. The maximum atomic E-state index is 12.9. The van der Waals surface area contributed by atoms with Gasteiger partial charge in [-0.2, -0.15) is 0 Å². The number of likely N-dealkylation sites (N-methyl/N-ethyl adjacent to an activating group) is 1. The van der Waals surface area contributed by atoms with E-state index in [0.29, 0.717) is 11.9 Å². The minimum Gasteiger partial charge on any atom is -0.444 e. The highest BCUT2D eigenvalue weighted by Gasteiger charge is 2.21. The van der Waals surface area contributed by atoms with Crippen molar-refractivity contribution in [1.29, 1.82) is 0 Å². The Kier molecular flexibility index (Phi) is 5.33. The molecule has 2 heterocycles. The zero-order chi connectivity index (χ0) is 13.9. The van der Waals surface area contributed by atoms with Crippen LogP contribution in [0.15, 0.2) is 34.9 Å². The fourth-order valence-electron chi connectivity index (χ4n) is 2.55. The van der Waals surface area contributed by atoms with Crippen LogP contribution in [0.4, 0.5) is 4.39 Å². The van der Waals surface area contributed by atoms with Crippen LogP contribution in [-0.4, -0.2) is 36.1 Å². The van der Waals surface area contributed by atoms with E-state index in [1.165, 1.54) is 18.6 Å². The first kappa shape index (κ1) is 15.9. The van der Waals surface area contributed by atoms with Crippen LogP contribution in [0.1, 0.15) is 12.1 Å². The molecule has 1 unspecified atom stereocenters. The van der Waals surface area contributed by atoms with Crippen LogP contribution in [0.3, 0.4) is 0 Å². The maximum Gasteiger partial charge on any atom is 0.226 e. The zero-order valence-corrected chi connectivity index (χ0v) is 12.7. The van der Waals surface area contributed by atoms with Gasteiger partial charge in [0.25, 0.3) is 0 Å². The van der Waals surface area contributed by atoms with Crippen LogP contribution >= 0.6 is 12.4 Å². The second-order valence-corrected chi connectivity index (χ2v) is 5.16. The smallest absolute Gasteiger partial charge is 0.226 e. The molecule has 0 bridgehead atoms. The molecule has 1 aromatic carbocycles. The number of halogens is 2. The Balaban J connectivity index is 0.00000161. The van der Waals surface area contributed by atoms with Crippen molar-refractivity contribution in [2.75, 3.05) is 20.1 Å². The van der Waals surface area contributed by atoms with Crippen molar-refractivity contribution in [2.24, 2.45) is 0 Å². The Morgan fingerprint density at radius 2 is 2.14 bits per heavy atom. The van der Waals surface area contributed by atoms with Gasteiger partial charge in [-0.3, -0.25) is 4.90 Å². The van der Waals surface area contributed by atoms with E-state index in [2.05, 4.69) is 15.2 Å². The first-order chi connectivity index (χ1) is 9.74. The molecule has 6 heteroatoms. The average molecular weight is 312 g/mol. The standard InChI is InChI=1S/C15H18FN3O.ClH/c1-17-13-6-7-19(8-13)9-14-10-20-15(18-14)11-2-4-12(16)5-3-11;/h2-5,10,13,17H,6-9H2,1H3;1H. The van der Waals surface area contributed by atoms with Crippen LogP contribution in [0.25, 0.3) is 11.5 Å². The van der Waals surface area contributed by atoms with E-state index >= 15 is 0 Å². The normalized spacial score (nSPS) is 18.7. The van der Waals surface area contributed by atoms with E-state index in [1.54, 1.807) is 18.4 Å². The molecule has 1 fully saturated rings. The molecule has 1 saturated heterocycles. The van der Waals surface area contributed by atoms with E-state index in [-0.39, 0.29) is 18.2 Å². The second-order valence-electron chi connectivity index (χ2n) is 5.16. The third-order valence-electron chi connectivity index (χ3n) is 3.71. The quantitative estimate of drug-likeness (QED) is 0.942. The topological polar surface area (TPSA) is 41.3 Å². The molecule has 21 heavy (non-hydrogen) atoms. The fraction of sp³-hybridized carbons (Fsp3) is 0.400. The molecule has 0 spiro atoms. The van der Waals surface area contributed by atoms with Crippen LogP contribution in [0, 0.1) is 5.82 Å². The second kappa shape index (κ2) is 7.02. The summed E-state index contributed by atoms with van der Waals surface area (Å²) in [6.45, 7) is 2.91. The summed E-state index contributed by atoms with van der Waals surface area (Å²) in [6, 6.07) is 6.75. The summed E-state index contributed by atoms with van der Waals surface area (Å²) in [5.74, 6) is 0.292. The number of nitrogens with one attached hydrogen (secondary N) is 1. The Morgan fingerprint density at radius 1 is 1.38 bits per heavy atom.